The van der Waals surface area contributed by atoms with Crippen molar-refractivity contribution in [3.63, 3.8) is 0 Å². The number of carbonyl (C=O) groups is 2. The first-order chi connectivity index (χ1) is 8.06. The number of benzene rings is 1. The minimum atomic E-state index is -1.02. The van der Waals surface area contributed by atoms with Gasteiger partial charge in [-0.3, -0.25) is 0 Å². The monoisotopic (exact) mass is 234 g/mol. The van der Waals surface area contributed by atoms with Crippen LogP contribution in [0.2, 0.25) is 0 Å². The van der Waals surface area contributed by atoms with Crippen molar-refractivity contribution < 1.29 is 19.4 Å². The summed E-state index contributed by atoms with van der Waals surface area (Å²) in [4.78, 5) is 22.3. The molecule has 0 aliphatic rings. The zero-order valence-electron chi connectivity index (χ0n) is 9.77. The minimum Gasteiger partial charge on any atom is -0.478 e. The van der Waals surface area contributed by atoms with E-state index in [1.807, 2.05) is 0 Å². The molecule has 0 heterocycles. The van der Waals surface area contributed by atoms with E-state index in [4.69, 9.17) is 9.84 Å². The van der Waals surface area contributed by atoms with E-state index in [-0.39, 0.29) is 5.56 Å². The van der Waals surface area contributed by atoms with Gasteiger partial charge in [-0.1, -0.05) is 18.2 Å². The number of ether oxygens (including phenoxy) is 1. The van der Waals surface area contributed by atoms with E-state index >= 15 is 0 Å². The first-order valence-electron chi connectivity index (χ1n) is 5.24. The van der Waals surface area contributed by atoms with Crippen molar-refractivity contribution >= 4 is 17.5 Å². The fraction of sp³-hybridized carbons (Fsp3) is 0.231. The van der Waals surface area contributed by atoms with Crippen LogP contribution in [0.15, 0.2) is 30.3 Å². The summed E-state index contributed by atoms with van der Waals surface area (Å²) >= 11 is 0. The van der Waals surface area contributed by atoms with Crippen LogP contribution in [0.5, 0.6) is 0 Å². The lowest BCUT2D eigenvalue weighted by Gasteiger charge is -2.06. The Hall–Kier alpha value is -2.10. The number of allylic oxidation sites excluding steroid dienone is 1. The number of hydrogen-bond acceptors (Lipinski definition) is 3. The molecule has 1 aromatic rings. The highest BCUT2D eigenvalue weighted by Gasteiger charge is 2.11. The van der Waals surface area contributed by atoms with Crippen LogP contribution in [0.1, 0.15) is 29.8 Å². The standard InChI is InChI=1S/C13H14O4/c1-3-17-12(14)8-9(2)10-6-4-5-7-11(10)13(15)16/h4-8H,3H2,1-2H3,(H,15,16)/b9-8+. The number of carboxylic acids is 1. The Bertz CT molecular complexity index is 460. The smallest absolute Gasteiger partial charge is 0.336 e. The Morgan fingerprint density at radius 2 is 1.88 bits per heavy atom. The lowest BCUT2D eigenvalue weighted by atomic mass is 10.0. The van der Waals surface area contributed by atoms with Gasteiger partial charge >= 0.3 is 11.9 Å². The summed E-state index contributed by atoms with van der Waals surface area (Å²) in [5, 5.41) is 9.01. The number of hydrogen-bond donors (Lipinski definition) is 1. The fourth-order valence-electron chi connectivity index (χ4n) is 1.45. The summed E-state index contributed by atoms with van der Waals surface area (Å²) in [5.74, 6) is -1.48. The van der Waals surface area contributed by atoms with E-state index in [0.29, 0.717) is 17.7 Å². The van der Waals surface area contributed by atoms with Gasteiger partial charge in [0.25, 0.3) is 0 Å². The van der Waals surface area contributed by atoms with Crippen molar-refractivity contribution in [3.05, 3.63) is 41.5 Å². The van der Waals surface area contributed by atoms with E-state index < -0.39 is 11.9 Å². The molecule has 0 aromatic heterocycles. The van der Waals surface area contributed by atoms with Gasteiger partial charge in [-0.05, 0) is 31.1 Å². The summed E-state index contributed by atoms with van der Waals surface area (Å²) in [7, 11) is 0. The number of esters is 1. The van der Waals surface area contributed by atoms with Gasteiger partial charge in [0.1, 0.15) is 0 Å². The van der Waals surface area contributed by atoms with Gasteiger partial charge in [-0.2, -0.15) is 0 Å². The fourth-order valence-corrected chi connectivity index (χ4v) is 1.45. The van der Waals surface area contributed by atoms with Crippen molar-refractivity contribution in [1.29, 1.82) is 0 Å². The molecule has 4 heteroatoms. The molecule has 0 spiro atoms. The zero-order valence-corrected chi connectivity index (χ0v) is 9.77. The highest BCUT2D eigenvalue weighted by Crippen LogP contribution is 2.18. The third-order valence-corrected chi connectivity index (χ3v) is 2.20. The molecule has 0 aliphatic carbocycles. The molecule has 4 nitrogen and oxygen atoms in total. The second kappa shape index (κ2) is 5.84. The van der Waals surface area contributed by atoms with Gasteiger partial charge in [-0.15, -0.1) is 0 Å². The lowest BCUT2D eigenvalue weighted by Crippen LogP contribution is -2.03. The van der Waals surface area contributed by atoms with Crippen molar-refractivity contribution in [1.82, 2.24) is 0 Å². The number of rotatable bonds is 4. The highest BCUT2D eigenvalue weighted by molar-refractivity contribution is 5.97. The van der Waals surface area contributed by atoms with Gasteiger partial charge < -0.3 is 9.84 Å². The molecule has 0 atom stereocenters. The lowest BCUT2D eigenvalue weighted by molar-refractivity contribution is -0.137. The molecular formula is C13H14O4. The average molecular weight is 234 g/mol. The molecule has 0 radical (unpaired) electrons. The second-order valence-corrected chi connectivity index (χ2v) is 3.43. The predicted octanol–water partition coefficient (Wildman–Crippen LogP) is 2.35. The van der Waals surface area contributed by atoms with Crippen LogP contribution in [0, 0.1) is 0 Å². The van der Waals surface area contributed by atoms with Gasteiger partial charge in [-0.25, -0.2) is 9.59 Å². The second-order valence-electron chi connectivity index (χ2n) is 3.43. The summed E-state index contributed by atoms with van der Waals surface area (Å²) in [6.45, 7) is 3.69. The van der Waals surface area contributed by atoms with Gasteiger partial charge in [0.05, 0.1) is 12.2 Å². The summed E-state index contributed by atoms with van der Waals surface area (Å²) < 4.78 is 4.77. The third-order valence-electron chi connectivity index (χ3n) is 2.20. The van der Waals surface area contributed by atoms with Gasteiger partial charge in [0, 0.05) is 6.08 Å². The molecular weight excluding hydrogens is 220 g/mol. The Morgan fingerprint density at radius 3 is 2.41 bits per heavy atom. The molecule has 1 aromatic carbocycles. The maximum atomic E-state index is 11.3. The predicted molar refractivity (Wildman–Crippen MR) is 63.7 cm³/mol. The summed E-state index contributed by atoms with van der Waals surface area (Å²) in [5.41, 5.74) is 1.26. The molecule has 0 saturated heterocycles. The quantitative estimate of drug-likeness (QED) is 0.641. The third kappa shape index (κ3) is 3.45. The SMILES string of the molecule is CCOC(=O)/C=C(\C)c1ccccc1C(=O)O. The van der Waals surface area contributed by atoms with Crippen molar-refractivity contribution in [2.75, 3.05) is 6.61 Å². The molecule has 90 valence electrons. The largest absolute Gasteiger partial charge is 0.478 e. The maximum absolute atomic E-state index is 11.3. The number of aromatic carboxylic acids is 1. The van der Waals surface area contributed by atoms with E-state index in [1.165, 1.54) is 12.1 Å². The normalized spacial score (nSPS) is 11.1. The molecule has 0 aliphatic heterocycles. The first-order valence-corrected chi connectivity index (χ1v) is 5.24. The number of carboxylic acid groups (broad SMARTS) is 1. The molecule has 1 rings (SSSR count). The van der Waals surface area contributed by atoms with Crippen molar-refractivity contribution in [2.45, 2.75) is 13.8 Å². The van der Waals surface area contributed by atoms with Crippen LogP contribution in [0.3, 0.4) is 0 Å². The topological polar surface area (TPSA) is 63.6 Å². The van der Waals surface area contributed by atoms with Gasteiger partial charge in [0.2, 0.25) is 0 Å². The molecule has 0 fully saturated rings. The molecule has 0 saturated carbocycles. The molecule has 0 bridgehead atoms. The zero-order chi connectivity index (χ0) is 12.8. The van der Waals surface area contributed by atoms with E-state index in [1.54, 1.807) is 32.0 Å². The van der Waals surface area contributed by atoms with Crippen LogP contribution >= 0.6 is 0 Å². The Kier molecular flexibility index (Phi) is 4.46. The van der Waals surface area contributed by atoms with Crippen molar-refractivity contribution in [3.8, 4) is 0 Å². The Labute approximate surface area is 99.5 Å². The minimum absolute atomic E-state index is 0.172. The van der Waals surface area contributed by atoms with Crippen LogP contribution < -0.4 is 0 Å². The maximum Gasteiger partial charge on any atom is 0.336 e. The van der Waals surface area contributed by atoms with Crippen LogP contribution in [0.4, 0.5) is 0 Å². The van der Waals surface area contributed by atoms with E-state index in [9.17, 15) is 9.59 Å². The molecule has 1 N–H and O–H groups in total. The van der Waals surface area contributed by atoms with Gasteiger partial charge in [0.15, 0.2) is 0 Å². The highest BCUT2D eigenvalue weighted by atomic mass is 16.5. The molecule has 17 heavy (non-hydrogen) atoms. The van der Waals surface area contributed by atoms with E-state index in [0.717, 1.165) is 0 Å². The van der Waals surface area contributed by atoms with Crippen molar-refractivity contribution in [2.24, 2.45) is 0 Å². The van der Waals surface area contributed by atoms with Crippen LogP contribution in [-0.2, 0) is 9.53 Å². The van der Waals surface area contributed by atoms with Crippen LogP contribution in [0.25, 0.3) is 5.57 Å². The Morgan fingerprint density at radius 1 is 1.29 bits per heavy atom. The Balaban J connectivity index is 3.07. The summed E-state index contributed by atoms with van der Waals surface area (Å²) in [6.07, 6.45) is 1.30. The molecule has 0 unspecified atom stereocenters. The van der Waals surface area contributed by atoms with E-state index in [2.05, 4.69) is 0 Å². The average Bonchev–Trinajstić information content (AvgIpc) is 2.29. The number of carbonyl (C=O) groups excluding carboxylic acids is 1. The van der Waals surface area contributed by atoms with Crippen LogP contribution in [-0.4, -0.2) is 23.7 Å². The molecule has 0 amide bonds. The summed E-state index contributed by atoms with van der Waals surface area (Å²) in [6, 6.07) is 6.53. The first kappa shape index (κ1) is 13.0.